The lowest BCUT2D eigenvalue weighted by atomic mass is 9.56. The van der Waals surface area contributed by atoms with Crippen molar-refractivity contribution in [3.63, 3.8) is 0 Å². The normalized spacial score (nSPS) is 32.0. The van der Waals surface area contributed by atoms with Crippen molar-refractivity contribution in [2.75, 3.05) is 13.2 Å². The maximum atomic E-state index is 13.2. The molecule has 1 heterocycles. The highest BCUT2D eigenvalue weighted by atomic mass is 16.6. The number of carbonyl (C=O) groups is 1. The van der Waals surface area contributed by atoms with Gasteiger partial charge in [0.05, 0.1) is 17.6 Å². The van der Waals surface area contributed by atoms with Crippen molar-refractivity contribution in [3.8, 4) is 12.1 Å². The zero-order chi connectivity index (χ0) is 22.1. The number of esters is 1. The zero-order valence-electron chi connectivity index (χ0n) is 17.9. The topological polar surface area (TPSA) is 92.3 Å². The second-order valence-corrected chi connectivity index (χ2v) is 8.78. The first-order chi connectivity index (χ1) is 14.9. The van der Waals surface area contributed by atoms with Crippen LogP contribution in [0.2, 0.25) is 0 Å². The average molecular weight is 418 g/mol. The molecule has 0 bridgehead atoms. The number of rotatable bonds is 5. The highest BCUT2D eigenvalue weighted by Gasteiger charge is 2.61. The summed E-state index contributed by atoms with van der Waals surface area (Å²) in [6.45, 7) is 3.80. The van der Waals surface area contributed by atoms with Gasteiger partial charge in [-0.3, -0.25) is 0 Å². The molecule has 1 aromatic rings. The third-order valence-electron chi connectivity index (χ3n) is 7.19. The van der Waals surface area contributed by atoms with Gasteiger partial charge in [0.1, 0.15) is 24.0 Å². The van der Waals surface area contributed by atoms with Gasteiger partial charge in [-0.15, -0.1) is 0 Å². The summed E-state index contributed by atoms with van der Waals surface area (Å²) in [5, 5.41) is 18.0. The second-order valence-electron chi connectivity index (χ2n) is 8.78. The van der Waals surface area contributed by atoms with Crippen LogP contribution in [-0.2, 0) is 19.0 Å². The number of hydrogen-bond acceptors (Lipinski definition) is 6. The molecule has 4 atom stereocenters. The molecule has 0 amide bonds. The molecule has 1 aromatic carbocycles. The van der Waals surface area contributed by atoms with Gasteiger partial charge < -0.3 is 14.2 Å². The summed E-state index contributed by atoms with van der Waals surface area (Å²) >= 11 is 0. The highest BCUT2D eigenvalue weighted by Crippen LogP contribution is 2.59. The van der Waals surface area contributed by atoms with E-state index in [1.165, 1.54) is 5.56 Å². The van der Waals surface area contributed by atoms with Crippen LogP contribution in [0.4, 0.5) is 0 Å². The Kier molecular flexibility index (Phi) is 5.60. The van der Waals surface area contributed by atoms with E-state index in [2.05, 4.69) is 19.1 Å². The maximum Gasteiger partial charge on any atom is 0.334 e. The fourth-order valence-corrected chi connectivity index (χ4v) is 5.41. The SMILES string of the molecule is CC12CC(OCC#N)=CC(OCC#N)C1(C)C1=C(CC(c3ccccc3)CC1)C(=O)O2. The number of hydrogen-bond donors (Lipinski definition) is 0. The molecule has 0 saturated heterocycles. The standard InChI is InChI=1S/C25H26N2O4/c1-24-16-19(29-12-10-26)15-22(30-13-11-27)25(24,2)21-9-8-18(14-20(21)23(28)31-24)17-6-4-3-5-7-17/h3-7,15,18,22H,8-9,12-14,16H2,1-2H3. The number of benzene rings is 1. The Morgan fingerprint density at radius 3 is 2.61 bits per heavy atom. The first-order valence-electron chi connectivity index (χ1n) is 10.6. The minimum atomic E-state index is -0.887. The van der Waals surface area contributed by atoms with Gasteiger partial charge in [-0.25, -0.2) is 4.79 Å². The molecular weight excluding hydrogens is 392 g/mol. The van der Waals surface area contributed by atoms with Gasteiger partial charge in [-0.2, -0.15) is 10.5 Å². The lowest BCUT2D eigenvalue weighted by molar-refractivity contribution is -0.187. The Balaban J connectivity index is 1.75. The summed E-state index contributed by atoms with van der Waals surface area (Å²) in [6.07, 6.45) is 4.06. The molecule has 31 heavy (non-hydrogen) atoms. The molecule has 3 aliphatic rings. The first-order valence-corrected chi connectivity index (χ1v) is 10.6. The Morgan fingerprint density at radius 1 is 1.16 bits per heavy atom. The molecule has 0 radical (unpaired) electrons. The fraction of sp³-hybridized carbons (Fsp3) is 0.480. The summed E-state index contributed by atoms with van der Waals surface area (Å²) < 4.78 is 17.6. The van der Waals surface area contributed by atoms with E-state index in [9.17, 15) is 4.79 Å². The van der Waals surface area contributed by atoms with E-state index in [-0.39, 0.29) is 25.1 Å². The molecule has 0 fully saturated rings. The molecule has 0 saturated carbocycles. The van der Waals surface area contributed by atoms with Crippen molar-refractivity contribution < 1.29 is 19.0 Å². The lowest BCUT2D eigenvalue weighted by Gasteiger charge is -2.56. The van der Waals surface area contributed by atoms with E-state index in [1.807, 2.05) is 43.3 Å². The molecular formula is C25H26N2O4. The first kappa shape index (κ1) is 21.2. The monoisotopic (exact) mass is 418 g/mol. The molecule has 160 valence electrons. The smallest absolute Gasteiger partial charge is 0.334 e. The molecule has 6 heteroatoms. The van der Waals surface area contributed by atoms with Crippen molar-refractivity contribution in [2.45, 2.75) is 57.2 Å². The predicted molar refractivity (Wildman–Crippen MR) is 112 cm³/mol. The van der Waals surface area contributed by atoms with Crippen LogP contribution in [0.25, 0.3) is 0 Å². The van der Waals surface area contributed by atoms with Gasteiger partial charge in [0, 0.05) is 12.0 Å². The Bertz CT molecular complexity index is 1020. The van der Waals surface area contributed by atoms with Crippen molar-refractivity contribution in [1.29, 1.82) is 10.5 Å². The van der Waals surface area contributed by atoms with Crippen LogP contribution in [0, 0.1) is 28.1 Å². The van der Waals surface area contributed by atoms with Crippen LogP contribution in [-0.4, -0.2) is 30.9 Å². The summed E-state index contributed by atoms with van der Waals surface area (Å²) in [5.41, 5.74) is 1.53. The highest BCUT2D eigenvalue weighted by molar-refractivity contribution is 5.92. The minimum Gasteiger partial charge on any atom is -0.483 e. The minimum absolute atomic E-state index is 0.0818. The average Bonchev–Trinajstić information content (AvgIpc) is 2.78. The van der Waals surface area contributed by atoms with Crippen molar-refractivity contribution in [3.05, 3.63) is 58.9 Å². The van der Waals surface area contributed by atoms with Gasteiger partial charge in [0.25, 0.3) is 0 Å². The van der Waals surface area contributed by atoms with Crippen LogP contribution in [0.15, 0.2) is 53.3 Å². The van der Waals surface area contributed by atoms with Crippen LogP contribution in [0.3, 0.4) is 0 Å². The summed E-state index contributed by atoms with van der Waals surface area (Å²) in [4.78, 5) is 13.2. The number of carbonyl (C=O) groups excluding carboxylic acids is 1. The fourth-order valence-electron chi connectivity index (χ4n) is 5.41. The largest absolute Gasteiger partial charge is 0.483 e. The molecule has 0 spiro atoms. The Labute approximate surface area is 182 Å². The number of nitriles is 2. The van der Waals surface area contributed by atoms with Gasteiger partial charge in [0.15, 0.2) is 6.61 Å². The summed E-state index contributed by atoms with van der Waals surface area (Å²) in [5.74, 6) is 0.544. The molecule has 2 aliphatic carbocycles. The quantitative estimate of drug-likeness (QED) is 0.662. The lowest BCUT2D eigenvalue weighted by Crippen LogP contribution is -2.61. The van der Waals surface area contributed by atoms with E-state index < -0.39 is 17.1 Å². The number of ether oxygens (including phenoxy) is 3. The molecule has 0 N–H and O–H groups in total. The second kappa shape index (κ2) is 8.21. The molecule has 4 unspecified atom stereocenters. The zero-order valence-corrected chi connectivity index (χ0v) is 17.9. The van der Waals surface area contributed by atoms with E-state index in [0.717, 1.165) is 24.0 Å². The Morgan fingerprint density at radius 2 is 1.90 bits per heavy atom. The summed E-state index contributed by atoms with van der Waals surface area (Å²) in [7, 11) is 0. The van der Waals surface area contributed by atoms with E-state index >= 15 is 0 Å². The van der Waals surface area contributed by atoms with Crippen LogP contribution in [0.1, 0.15) is 51.0 Å². The third kappa shape index (κ3) is 3.52. The predicted octanol–water partition coefficient (Wildman–Crippen LogP) is 4.31. The number of nitrogens with zero attached hydrogens (tertiary/aromatic N) is 2. The van der Waals surface area contributed by atoms with Gasteiger partial charge in [-0.1, -0.05) is 30.3 Å². The number of fused-ring (bicyclic) bond motifs is 2. The van der Waals surface area contributed by atoms with Crippen molar-refractivity contribution in [2.24, 2.45) is 5.41 Å². The van der Waals surface area contributed by atoms with E-state index in [1.54, 1.807) is 0 Å². The summed E-state index contributed by atoms with van der Waals surface area (Å²) in [6, 6.07) is 14.3. The van der Waals surface area contributed by atoms with Gasteiger partial charge >= 0.3 is 5.97 Å². The van der Waals surface area contributed by atoms with Crippen LogP contribution < -0.4 is 0 Å². The van der Waals surface area contributed by atoms with Gasteiger partial charge in [0.2, 0.25) is 0 Å². The van der Waals surface area contributed by atoms with E-state index in [0.29, 0.717) is 18.6 Å². The van der Waals surface area contributed by atoms with Crippen molar-refractivity contribution in [1.82, 2.24) is 0 Å². The molecule has 1 aliphatic heterocycles. The van der Waals surface area contributed by atoms with Crippen LogP contribution in [0.5, 0.6) is 0 Å². The van der Waals surface area contributed by atoms with E-state index in [4.69, 9.17) is 24.7 Å². The Hall–Kier alpha value is -3.09. The molecule has 6 nitrogen and oxygen atoms in total. The third-order valence-corrected chi connectivity index (χ3v) is 7.19. The molecule has 0 aromatic heterocycles. The molecule has 4 rings (SSSR count). The van der Waals surface area contributed by atoms with Gasteiger partial charge in [-0.05, 0) is 56.2 Å². The van der Waals surface area contributed by atoms with Crippen molar-refractivity contribution >= 4 is 5.97 Å². The van der Waals surface area contributed by atoms with Crippen LogP contribution >= 0.6 is 0 Å². The maximum absolute atomic E-state index is 13.2.